The van der Waals surface area contributed by atoms with Crippen molar-refractivity contribution in [2.45, 2.75) is 33.2 Å². The molecule has 0 bridgehead atoms. The molecule has 0 aliphatic heterocycles. The molecular formula is C11H17ClN2. The summed E-state index contributed by atoms with van der Waals surface area (Å²) in [5.41, 5.74) is 2.38. The van der Waals surface area contributed by atoms with Gasteiger partial charge in [0.25, 0.3) is 0 Å². The fourth-order valence-corrected chi connectivity index (χ4v) is 1.45. The van der Waals surface area contributed by atoms with Crippen molar-refractivity contribution in [1.29, 1.82) is 0 Å². The van der Waals surface area contributed by atoms with Crippen molar-refractivity contribution in [3.63, 3.8) is 0 Å². The Balaban J connectivity index is 2.81. The van der Waals surface area contributed by atoms with Crippen LogP contribution < -0.4 is 0 Å². The second-order valence-corrected chi connectivity index (χ2v) is 3.90. The van der Waals surface area contributed by atoms with Crippen LogP contribution in [0.25, 0.3) is 6.08 Å². The summed E-state index contributed by atoms with van der Waals surface area (Å²) in [5, 5.41) is 4.27. The predicted octanol–water partition coefficient (Wildman–Crippen LogP) is 3.50. The Hall–Kier alpha value is -0.760. The Morgan fingerprint density at radius 2 is 2.36 bits per heavy atom. The van der Waals surface area contributed by atoms with Crippen molar-refractivity contribution in [3.8, 4) is 0 Å². The van der Waals surface area contributed by atoms with Gasteiger partial charge in [0.2, 0.25) is 0 Å². The van der Waals surface area contributed by atoms with E-state index in [1.54, 1.807) is 0 Å². The molecule has 0 fully saturated rings. The maximum absolute atomic E-state index is 5.79. The van der Waals surface area contributed by atoms with E-state index in [-0.39, 0.29) is 0 Å². The van der Waals surface area contributed by atoms with E-state index >= 15 is 0 Å². The first-order chi connectivity index (χ1) is 6.67. The van der Waals surface area contributed by atoms with Gasteiger partial charge < -0.3 is 0 Å². The van der Waals surface area contributed by atoms with E-state index in [9.17, 15) is 0 Å². The molecule has 0 atom stereocenters. The van der Waals surface area contributed by atoms with Crippen LogP contribution in [0, 0.1) is 0 Å². The lowest BCUT2D eigenvalue weighted by Crippen LogP contribution is -1.99. The van der Waals surface area contributed by atoms with E-state index < -0.39 is 0 Å². The molecule has 14 heavy (non-hydrogen) atoms. The summed E-state index contributed by atoms with van der Waals surface area (Å²) < 4.78 is 1.95. The summed E-state index contributed by atoms with van der Waals surface area (Å²) in [5.74, 6) is 0.601. The van der Waals surface area contributed by atoms with Crippen LogP contribution in [0.3, 0.4) is 0 Å². The first kappa shape index (κ1) is 11.3. The first-order valence-corrected chi connectivity index (χ1v) is 5.50. The van der Waals surface area contributed by atoms with E-state index in [1.807, 2.05) is 17.1 Å². The molecule has 0 unspecified atom stereocenters. The Kier molecular flexibility index (Phi) is 4.21. The van der Waals surface area contributed by atoms with Crippen molar-refractivity contribution in [2.24, 2.45) is 0 Å². The third kappa shape index (κ3) is 2.88. The van der Waals surface area contributed by atoms with Crippen molar-refractivity contribution in [3.05, 3.63) is 23.5 Å². The molecule has 0 aliphatic rings. The minimum absolute atomic E-state index is 0.415. The number of allylic oxidation sites excluding steroid dienone is 1. The first-order valence-electron chi connectivity index (χ1n) is 4.97. The van der Waals surface area contributed by atoms with Crippen molar-refractivity contribution < 1.29 is 0 Å². The lowest BCUT2D eigenvalue weighted by molar-refractivity contribution is 0.532. The molecule has 1 aromatic heterocycles. The maximum atomic E-state index is 5.79. The molecule has 2 nitrogen and oxygen atoms in total. The number of hydrogen-bond acceptors (Lipinski definition) is 1. The largest absolute Gasteiger partial charge is 0.270 e. The van der Waals surface area contributed by atoms with Crippen LogP contribution in [-0.4, -0.2) is 15.7 Å². The molecule has 0 spiro atoms. The number of hydrogen-bond donors (Lipinski definition) is 0. The molecule has 0 amide bonds. The van der Waals surface area contributed by atoms with Gasteiger partial charge in [-0.05, 0) is 20.3 Å². The predicted molar refractivity (Wildman–Crippen MR) is 61.6 cm³/mol. The van der Waals surface area contributed by atoms with Crippen LogP contribution in [0.5, 0.6) is 0 Å². The lowest BCUT2D eigenvalue weighted by atomic mass is 10.2. The fraction of sp³-hybridized carbons (Fsp3) is 0.545. The summed E-state index contributed by atoms with van der Waals surface area (Å²) in [6.07, 6.45) is 7.03. The maximum Gasteiger partial charge on any atom is 0.0562 e. The van der Waals surface area contributed by atoms with Gasteiger partial charge in [-0.3, -0.25) is 4.68 Å². The van der Waals surface area contributed by atoms with E-state index in [0.29, 0.717) is 11.9 Å². The van der Waals surface area contributed by atoms with Gasteiger partial charge in [0, 0.05) is 23.7 Å². The highest BCUT2D eigenvalue weighted by Gasteiger charge is 2.00. The summed E-state index contributed by atoms with van der Waals surface area (Å²) in [7, 11) is 0. The molecule has 0 aliphatic carbocycles. The van der Waals surface area contributed by atoms with Crippen LogP contribution >= 0.6 is 11.6 Å². The summed E-state index contributed by atoms with van der Waals surface area (Å²) >= 11 is 5.79. The van der Waals surface area contributed by atoms with Gasteiger partial charge in [-0.15, -0.1) is 11.6 Å². The molecule has 0 radical (unpaired) electrons. The number of aromatic nitrogens is 2. The highest BCUT2D eigenvalue weighted by Crippen LogP contribution is 2.12. The molecule has 1 rings (SSSR count). The zero-order valence-electron chi connectivity index (χ0n) is 9.00. The van der Waals surface area contributed by atoms with Gasteiger partial charge >= 0.3 is 0 Å². The molecule has 0 saturated heterocycles. The minimum atomic E-state index is 0.415. The molecule has 1 heterocycles. The third-order valence-corrected chi connectivity index (χ3v) is 2.49. The van der Waals surface area contributed by atoms with Crippen molar-refractivity contribution in [1.82, 2.24) is 9.78 Å². The zero-order valence-corrected chi connectivity index (χ0v) is 9.75. The minimum Gasteiger partial charge on any atom is -0.270 e. The highest BCUT2D eigenvalue weighted by molar-refractivity contribution is 6.19. The Labute approximate surface area is 90.6 Å². The molecular weight excluding hydrogens is 196 g/mol. The van der Waals surface area contributed by atoms with Gasteiger partial charge in [-0.25, -0.2) is 0 Å². The highest BCUT2D eigenvalue weighted by atomic mass is 35.5. The third-order valence-electron chi connectivity index (χ3n) is 2.15. The van der Waals surface area contributed by atoms with E-state index in [2.05, 4.69) is 31.9 Å². The second kappa shape index (κ2) is 5.20. The quantitative estimate of drug-likeness (QED) is 0.699. The lowest BCUT2D eigenvalue weighted by Gasteiger charge is -2.02. The molecule has 1 aromatic rings. The SMILES string of the molecule is CCC(=Cc1cnn(C(C)C)c1)CCl. The smallest absolute Gasteiger partial charge is 0.0562 e. The summed E-state index contributed by atoms with van der Waals surface area (Å²) in [6, 6.07) is 0.415. The second-order valence-electron chi connectivity index (χ2n) is 3.64. The number of nitrogens with zero attached hydrogens (tertiary/aromatic N) is 2. The Morgan fingerprint density at radius 1 is 1.64 bits per heavy atom. The van der Waals surface area contributed by atoms with Gasteiger partial charge in [0.1, 0.15) is 0 Å². The van der Waals surface area contributed by atoms with E-state index in [1.165, 1.54) is 5.57 Å². The molecule has 0 saturated carbocycles. The number of alkyl halides is 1. The normalized spacial score (nSPS) is 12.5. The van der Waals surface area contributed by atoms with Gasteiger partial charge in [-0.2, -0.15) is 5.10 Å². The van der Waals surface area contributed by atoms with Gasteiger partial charge in [0.05, 0.1) is 6.20 Å². The average Bonchev–Trinajstić information content (AvgIpc) is 2.62. The topological polar surface area (TPSA) is 17.8 Å². The number of halogens is 1. The summed E-state index contributed by atoms with van der Waals surface area (Å²) in [4.78, 5) is 0. The van der Waals surface area contributed by atoms with Crippen molar-refractivity contribution >= 4 is 17.7 Å². The van der Waals surface area contributed by atoms with Crippen LogP contribution in [-0.2, 0) is 0 Å². The Bertz CT molecular complexity index is 307. The van der Waals surface area contributed by atoms with Crippen LogP contribution in [0.1, 0.15) is 38.8 Å². The van der Waals surface area contributed by atoms with Gasteiger partial charge in [-0.1, -0.05) is 18.6 Å². The summed E-state index contributed by atoms with van der Waals surface area (Å²) in [6.45, 7) is 6.34. The molecule has 3 heteroatoms. The fourth-order valence-electron chi connectivity index (χ4n) is 1.18. The zero-order chi connectivity index (χ0) is 10.6. The van der Waals surface area contributed by atoms with Gasteiger partial charge in [0.15, 0.2) is 0 Å². The van der Waals surface area contributed by atoms with Crippen LogP contribution in [0.15, 0.2) is 18.0 Å². The van der Waals surface area contributed by atoms with Crippen LogP contribution in [0.4, 0.5) is 0 Å². The Morgan fingerprint density at radius 3 is 2.79 bits per heavy atom. The van der Waals surface area contributed by atoms with Crippen LogP contribution in [0.2, 0.25) is 0 Å². The van der Waals surface area contributed by atoms with E-state index in [4.69, 9.17) is 11.6 Å². The van der Waals surface area contributed by atoms with Crippen molar-refractivity contribution in [2.75, 3.05) is 5.88 Å². The molecule has 78 valence electrons. The molecule has 0 N–H and O–H groups in total. The monoisotopic (exact) mass is 212 g/mol. The molecule has 0 aromatic carbocycles. The number of rotatable bonds is 4. The van der Waals surface area contributed by atoms with E-state index in [0.717, 1.165) is 12.0 Å². The average molecular weight is 213 g/mol. The standard InChI is InChI=1S/C11H17ClN2/c1-4-10(6-12)5-11-7-13-14(8-11)9(2)3/h5,7-9H,4,6H2,1-3H3.